The molecular weight excluding hydrogens is 251 g/mol. The molecule has 12 heavy (non-hydrogen) atoms. The Morgan fingerprint density at radius 3 is 1.67 bits per heavy atom. The van der Waals surface area contributed by atoms with E-state index < -0.39 is 10.3 Å². The minimum atomic E-state index is -0.738. The minimum absolute atomic E-state index is 0.350. The Labute approximate surface area is 84.3 Å². The Balaban J connectivity index is 0. The van der Waals surface area contributed by atoms with Crippen molar-refractivity contribution in [3.05, 3.63) is 0 Å². The van der Waals surface area contributed by atoms with Gasteiger partial charge < -0.3 is 9.47 Å². The van der Waals surface area contributed by atoms with Crippen LogP contribution in [0, 0.1) is 0 Å². The highest BCUT2D eigenvalue weighted by Gasteiger charge is 1.86. The molecule has 0 aromatic carbocycles. The molecule has 0 aliphatic rings. The van der Waals surface area contributed by atoms with Gasteiger partial charge in [0.05, 0.1) is 13.2 Å². The van der Waals surface area contributed by atoms with Crippen LogP contribution in [0.1, 0.15) is 13.8 Å². The summed E-state index contributed by atoms with van der Waals surface area (Å²) in [5.41, 5.74) is -0.738. The monoisotopic (exact) mass is 260 g/mol. The van der Waals surface area contributed by atoms with E-state index in [1.807, 2.05) is 0 Å². The molecule has 0 rings (SSSR count). The maximum absolute atomic E-state index is 9.74. The van der Waals surface area contributed by atoms with Crippen molar-refractivity contribution in [3.8, 4) is 0 Å². The maximum Gasteiger partial charge on any atom is 0.403 e. The molecule has 0 saturated heterocycles. The van der Waals surface area contributed by atoms with Crippen molar-refractivity contribution in [1.82, 2.24) is 0 Å². The summed E-state index contributed by atoms with van der Waals surface area (Å²) in [4.78, 5) is 18.9. The average molecular weight is 261 g/mol. The van der Waals surface area contributed by atoms with Crippen molar-refractivity contribution in [2.24, 2.45) is 0 Å². The van der Waals surface area contributed by atoms with Crippen LogP contribution in [0.3, 0.4) is 0 Å². The molecule has 0 bridgehead atoms. The van der Waals surface area contributed by atoms with E-state index in [9.17, 15) is 9.59 Å². The summed E-state index contributed by atoms with van der Waals surface area (Å²) in [7, 11) is 0. The van der Waals surface area contributed by atoms with Gasteiger partial charge in [-0.3, -0.25) is 0 Å². The summed E-state index contributed by atoms with van der Waals surface area (Å²) in [6.45, 7) is 4.23. The molecular formula is C6H10BrClO4. The zero-order valence-electron chi connectivity index (χ0n) is 6.80. The van der Waals surface area contributed by atoms with E-state index in [2.05, 4.69) is 25.4 Å². The van der Waals surface area contributed by atoms with Crippen molar-refractivity contribution in [1.29, 1.82) is 0 Å². The van der Waals surface area contributed by atoms with Gasteiger partial charge in [0, 0.05) is 27.5 Å². The molecule has 0 saturated carbocycles. The number of ether oxygens (including phenoxy) is 2. The Morgan fingerprint density at radius 2 is 1.67 bits per heavy atom. The van der Waals surface area contributed by atoms with Crippen LogP contribution in [0.25, 0.3) is 0 Å². The van der Waals surface area contributed by atoms with E-state index in [-0.39, 0.29) is 0 Å². The molecule has 0 N–H and O–H groups in total. The van der Waals surface area contributed by atoms with Gasteiger partial charge in [0.15, 0.2) is 0 Å². The third-order valence-electron chi connectivity index (χ3n) is 0.516. The lowest BCUT2D eigenvalue weighted by atomic mass is 10.9. The first-order valence-electron chi connectivity index (χ1n) is 3.19. The van der Waals surface area contributed by atoms with Crippen molar-refractivity contribution in [2.45, 2.75) is 13.8 Å². The predicted octanol–water partition coefficient (Wildman–Crippen LogP) is 2.92. The van der Waals surface area contributed by atoms with Crippen LogP contribution in [0.5, 0.6) is 0 Å². The van der Waals surface area contributed by atoms with Crippen LogP contribution in [0.4, 0.5) is 9.59 Å². The van der Waals surface area contributed by atoms with Crippen molar-refractivity contribution < 1.29 is 19.1 Å². The van der Waals surface area contributed by atoms with Gasteiger partial charge in [-0.25, -0.2) is 9.59 Å². The fourth-order valence-corrected chi connectivity index (χ4v) is 0.565. The molecule has 0 radical (unpaired) electrons. The molecule has 0 aliphatic carbocycles. The first-order chi connectivity index (χ1) is 5.54. The second-order valence-electron chi connectivity index (χ2n) is 1.34. The number of carbonyl (C=O) groups is 2. The zero-order chi connectivity index (χ0) is 9.98. The fourth-order valence-electron chi connectivity index (χ4n) is 0.227. The third-order valence-corrected chi connectivity index (χ3v) is 0.854. The Morgan fingerprint density at radius 1 is 1.25 bits per heavy atom. The smallest absolute Gasteiger partial charge is 0.403 e. The number of hydrogen-bond acceptors (Lipinski definition) is 4. The summed E-state index contributed by atoms with van der Waals surface area (Å²) in [5, 5.41) is 0. The van der Waals surface area contributed by atoms with Gasteiger partial charge in [0.25, 0.3) is 0 Å². The molecule has 0 aliphatic heterocycles. The lowest BCUT2D eigenvalue weighted by Gasteiger charge is -1.87. The quantitative estimate of drug-likeness (QED) is 0.717. The number of carbonyl (C=O) groups excluding carboxylic acids is 2. The predicted molar refractivity (Wildman–Crippen MR) is 48.8 cm³/mol. The summed E-state index contributed by atoms with van der Waals surface area (Å²) in [6.07, 6.45) is 0. The molecule has 0 unspecified atom stereocenters. The van der Waals surface area contributed by atoms with Crippen LogP contribution >= 0.6 is 27.5 Å². The average Bonchev–Trinajstić information content (AvgIpc) is 1.87. The van der Waals surface area contributed by atoms with Crippen LogP contribution < -0.4 is 0 Å². The first-order valence-corrected chi connectivity index (χ1v) is 4.36. The molecule has 4 nitrogen and oxygen atoms in total. The number of hydrogen-bond donors (Lipinski definition) is 0. The molecule has 0 aromatic heterocycles. The van der Waals surface area contributed by atoms with E-state index in [0.717, 1.165) is 0 Å². The molecule has 0 fully saturated rings. The van der Waals surface area contributed by atoms with E-state index in [1.54, 1.807) is 13.8 Å². The third kappa shape index (κ3) is 22.6. The second kappa shape index (κ2) is 10.7. The SMILES string of the molecule is CCOC(=O)Br.CCOC(=O)Cl. The highest BCUT2D eigenvalue weighted by molar-refractivity contribution is 9.18. The summed E-state index contributed by atoms with van der Waals surface area (Å²) in [6, 6.07) is 0. The van der Waals surface area contributed by atoms with E-state index in [1.165, 1.54) is 0 Å². The lowest BCUT2D eigenvalue weighted by Crippen LogP contribution is -1.89. The summed E-state index contributed by atoms with van der Waals surface area (Å²) >= 11 is 7.29. The lowest BCUT2D eigenvalue weighted by molar-refractivity contribution is 0.179. The van der Waals surface area contributed by atoms with Crippen LogP contribution in [0.2, 0.25) is 0 Å². The molecule has 0 heterocycles. The Hall–Kier alpha value is -0.290. The molecule has 0 aromatic rings. The number of rotatable bonds is 2. The van der Waals surface area contributed by atoms with E-state index in [0.29, 0.717) is 13.2 Å². The van der Waals surface area contributed by atoms with Crippen molar-refractivity contribution in [2.75, 3.05) is 13.2 Å². The maximum atomic E-state index is 9.74. The van der Waals surface area contributed by atoms with Crippen molar-refractivity contribution in [3.63, 3.8) is 0 Å². The van der Waals surface area contributed by atoms with Crippen molar-refractivity contribution >= 4 is 37.8 Å². The first kappa shape index (κ1) is 14.2. The van der Waals surface area contributed by atoms with E-state index in [4.69, 9.17) is 11.6 Å². The Kier molecular flexibility index (Phi) is 12.7. The highest BCUT2D eigenvalue weighted by Crippen LogP contribution is 1.87. The van der Waals surface area contributed by atoms with Crippen LogP contribution in [-0.2, 0) is 9.47 Å². The molecule has 0 spiro atoms. The fraction of sp³-hybridized carbons (Fsp3) is 0.667. The standard InChI is InChI=1S/C3H5BrO2.C3H5ClO2/c2*1-2-6-3(4)5/h2*2H2,1H3. The second-order valence-corrected chi connectivity index (χ2v) is 2.30. The van der Waals surface area contributed by atoms with Gasteiger partial charge in [-0.1, -0.05) is 0 Å². The topological polar surface area (TPSA) is 52.6 Å². The summed E-state index contributed by atoms with van der Waals surface area (Å²) < 4.78 is 8.49. The molecule has 72 valence electrons. The van der Waals surface area contributed by atoms with Gasteiger partial charge in [0.1, 0.15) is 0 Å². The van der Waals surface area contributed by atoms with Crippen LogP contribution in [0.15, 0.2) is 0 Å². The van der Waals surface area contributed by atoms with Gasteiger partial charge in [-0.2, -0.15) is 0 Å². The van der Waals surface area contributed by atoms with E-state index >= 15 is 0 Å². The largest absolute Gasteiger partial charge is 0.458 e. The summed E-state index contributed by atoms with van der Waals surface area (Å²) in [5.74, 6) is 0. The Bertz CT molecular complexity index is 124. The number of halogens is 2. The molecule has 0 atom stereocenters. The molecule has 6 heteroatoms. The van der Waals surface area contributed by atoms with Gasteiger partial charge in [-0.15, -0.1) is 0 Å². The zero-order valence-corrected chi connectivity index (χ0v) is 9.15. The highest BCUT2D eigenvalue weighted by atomic mass is 79.9. The minimum Gasteiger partial charge on any atom is -0.458 e. The van der Waals surface area contributed by atoms with Crippen LogP contribution in [-0.4, -0.2) is 23.5 Å². The van der Waals surface area contributed by atoms with Gasteiger partial charge in [0.2, 0.25) is 0 Å². The molecule has 0 amide bonds. The normalized spacial score (nSPS) is 7.67. The van der Waals surface area contributed by atoms with Gasteiger partial charge >= 0.3 is 10.3 Å². The van der Waals surface area contributed by atoms with Gasteiger partial charge in [-0.05, 0) is 13.8 Å².